The third-order valence-electron chi connectivity index (χ3n) is 6.93. The molecular weight excluding hydrogens is 436 g/mol. The Balaban J connectivity index is 1.96. The Kier molecular flexibility index (Phi) is 5.48. The average Bonchev–Trinajstić information content (AvgIpc) is 3.27. The van der Waals surface area contributed by atoms with Crippen molar-refractivity contribution in [3.05, 3.63) is 63.8 Å². The number of aromatic amines is 1. The van der Waals surface area contributed by atoms with Gasteiger partial charge in [0.25, 0.3) is 5.56 Å². The first-order chi connectivity index (χ1) is 15.5. The molecule has 0 unspecified atom stereocenters. The highest BCUT2D eigenvalue weighted by molar-refractivity contribution is 7.17. The van der Waals surface area contributed by atoms with E-state index in [1.165, 1.54) is 16.2 Å². The second-order valence-electron chi connectivity index (χ2n) is 9.42. The summed E-state index contributed by atoms with van der Waals surface area (Å²) >= 11 is 1.41. The Morgan fingerprint density at radius 1 is 1.06 bits per heavy atom. The zero-order valence-electron chi connectivity index (χ0n) is 19.6. The van der Waals surface area contributed by atoms with E-state index in [-0.39, 0.29) is 11.0 Å². The summed E-state index contributed by atoms with van der Waals surface area (Å²) in [6.07, 6.45) is -0.976. The molecule has 4 aromatic rings. The molecule has 0 spiro atoms. The standard InChI is InChI=1S/C26H28N2O4S/c1-25(2,3)26(4,28(5)24(30)31)16-9-7-15(8-10-16)20-19(32-6)12-11-18-21(20)17-13-14-33-22(17)23(29)27-18/h7-14H,1-6H3,(H,27,29)(H,30,31)/t26-/m0/s1. The Hall–Kier alpha value is -3.32. The van der Waals surface area contributed by atoms with Crippen LogP contribution < -0.4 is 10.3 Å². The van der Waals surface area contributed by atoms with Gasteiger partial charge in [-0.3, -0.25) is 4.79 Å². The molecule has 0 fully saturated rings. The van der Waals surface area contributed by atoms with Crippen molar-refractivity contribution < 1.29 is 14.6 Å². The Morgan fingerprint density at radius 3 is 2.30 bits per heavy atom. The van der Waals surface area contributed by atoms with Gasteiger partial charge in [0.2, 0.25) is 0 Å². The maximum atomic E-state index is 12.5. The van der Waals surface area contributed by atoms with Crippen LogP contribution in [0.3, 0.4) is 0 Å². The number of hydrogen-bond donors (Lipinski definition) is 2. The molecule has 6 nitrogen and oxygen atoms in total. The van der Waals surface area contributed by atoms with E-state index in [2.05, 4.69) is 4.98 Å². The number of nitrogens with zero attached hydrogens (tertiary/aromatic N) is 1. The summed E-state index contributed by atoms with van der Waals surface area (Å²) in [6, 6.07) is 13.6. The molecular formula is C26H28N2O4S. The van der Waals surface area contributed by atoms with Crippen LogP contribution >= 0.6 is 11.3 Å². The van der Waals surface area contributed by atoms with Crippen LogP contribution in [0.25, 0.3) is 32.1 Å². The summed E-state index contributed by atoms with van der Waals surface area (Å²) in [6.45, 7) is 8.07. The average molecular weight is 465 g/mol. The summed E-state index contributed by atoms with van der Waals surface area (Å²) in [5, 5.41) is 13.5. The van der Waals surface area contributed by atoms with E-state index in [0.29, 0.717) is 10.4 Å². The van der Waals surface area contributed by atoms with Gasteiger partial charge < -0.3 is 19.7 Å². The minimum absolute atomic E-state index is 0.100. The molecule has 0 saturated heterocycles. The molecule has 0 aliphatic rings. The number of amides is 1. The van der Waals surface area contributed by atoms with Gasteiger partial charge in [0.1, 0.15) is 10.4 Å². The van der Waals surface area contributed by atoms with Gasteiger partial charge in [-0.1, -0.05) is 45.0 Å². The number of pyridine rings is 1. The molecule has 0 saturated carbocycles. The van der Waals surface area contributed by atoms with Gasteiger partial charge in [-0.25, -0.2) is 4.79 Å². The first-order valence-corrected chi connectivity index (χ1v) is 11.6. The molecule has 2 N–H and O–H groups in total. The molecule has 2 aromatic carbocycles. The summed E-state index contributed by atoms with van der Waals surface area (Å²) in [5.41, 5.74) is 2.28. The number of rotatable bonds is 4. The van der Waals surface area contributed by atoms with Crippen molar-refractivity contribution >= 4 is 38.4 Å². The van der Waals surface area contributed by atoms with E-state index in [1.807, 2.05) is 75.5 Å². The van der Waals surface area contributed by atoms with E-state index in [4.69, 9.17) is 4.74 Å². The zero-order valence-corrected chi connectivity index (χ0v) is 20.5. The number of benzene rings is 2. The fourth-order valence-corrected chi connectivity index (χ4v) is 5.36. The number of methoxy groups -OCH3 is 1. The Morgan fingerprint density at radius 2 is 1.73 bits per heavy atom. The summed E-state index contributed by atoms with van der Waals surface area (Å²) < 4.78 is 6.39. The molecule has 2 aromatic heterocycles. The molecule has 0 bridgehead atoms. The largest absolute Gasteiger partial charge is 0.496 e. The fourth-order valence-electron chi connectivity index (χ4n) is 4.57. The Bertz CT molecular complexity index is 1410. The van der Waals surface area contributed by atoms with Crippen LogP contribution in [-0.2, 0) is 5.54 Å². The predicted molar refractivity (Wildman–Crippen MR) is 135 cm³/mol. The highest BCUT2D eigenvalue weighted by atomic mass is 32.1. The minimum Gasteiger partial charge on any atom is -0.496 e. The number of carbonyl (C=O) groups is 1. The fraction of sp³-hybridized carbons (Fsp3) is 0.308. The Labute approximate surface area is 196 Å². The van der Waals surface area contributed by atoms with Gasteiger partial charge in [0.05, 0.1) is 12.6 Å². The van der Waals surface area contributed by atoms with Gasteiger partial charge in [-0.05, 0) is 47.0 Å². The highest BCUT2D eigenvalue weighted by Gasteiger charge is 2.44. The second-order valence-corrected chi connectivity index (χ2v) is 10.3. The van der Waals surface area contributed by atoms with E-state index < -0.39 is 11.6 Å². The maximum Gasteiger partial charge on any atom is 0.407 e. The van der Waals surface area contributed by atoms with Gasteiger partial charge in [-0.2, -0.15) is 0 Å². The highest BCUT2D eigenvalue weighted by Crippen LogP contribution is 2.45. The van der Waals surface area contributed by atoms with Crippen molar-refractivity contribution in [1.82, 2.24) is 9.88 Å². The van der Waals surface area contributed by atoms with Crippen LogP contribution in [0.5, 0.6) is 5.75 Å². The van der Waals surface area contributed by atoms with E-state index in [0.717, 1.165) is 33.0 Å². The molecule has 1 amide bonds. The van der Waals surface area contributed by atoms with Crippen molar-refractivity contribution in [2.24, 2.45) is 5.41 Å². The number of carboxylic acid groups (broad SMARTS) is 1. The van der Waals surface area contributed by atoms with Crippen LogP contribution in [0.4, 0.5) is 4.79 Å². The number of H-pyrrole nitrogens is 1. The first-order valence-electron chi connectivity index (χ1n) is 10.7. The van der Waals surface area contributed by atoms with Crippen molar-refractivity contribution in [3.63, 3.8) is 0 Å². The molecule has 0 aliphatic carbocycles. The van der Waals surface area contributed by atoms with Crippen LogP contribution in [0.2, 0.25) is 0 Å². The molecule has 0 aliphatic heterocycles. The number of thiophene rings is 1. The number of nitrogens with one attached hydrogen (secondary N) is 1. The van der Waals surface area contributed by atoms with Crippen LogP contribution in [-0.4, -0.2) is 35.2 Å². The molecule has 2 heterocycles. The molecule has 7 heteroatoms. The van der Waals surface area contributed by atoms with Crippen molar-refractivity contribution in [3.8, 4) is 16.9 Å². The summed E-state index contributed by atoms with van der Waals surface area (Å²) in [4.78, 5) is 28.8. The smallest absolute Gasteiger partial charge is 0.407 e. The lowest BCUT2D eigenvalue weighted by Crippen LogP contribution is -2.52. The topological polar surface area (TPSA) is 82.6 Å². The lowest BCUT2D eigenvalue weighted by molar-refractivity contribution is 0.0279. The second kappa shape index (κ2) is 7.92. The van der Waals surface area contributed by atoms with Gasteiger partial charge in [0, 0.05) is 28.9 Å². The maximum absolute atomic E-state index is 12.5. The van der Waals surface area contributed by atoms with Gasteiger partial charge >= 0.3 is 6.09 Å². The molecule has 33 heavy (non-hydrogen) atoms. The van der Waals surface area contributed by atoms with Gasteiger partial charge in [-0.15, -0.1) is 11.3 Å². The number of aromatic nitrogens is 1. The number of ether oxygens (including phenoxy) is 1. The zero-order chi connectivity index (χ0) is 24.1. The first kappa shape index (κ1) is 22.9. The van der Waals surface area contributed by atoms with Crippen LogP contribution in [0.1, 0.15) is 33.3 Å². The summed E-state index contributed by atoms with van der Waals surface area (Å²) in [5.74, 6) is 0.705. The third-order valence-corrected chi connectivity index (χ3v) is 7.84. The van der Waals surface area contributed by atoms with Crippen molar-refractivity contribution in [2.45, 2.75) is 33.2 Å². The van der Waals surface area contributed by atoms with Gasteiger partial charge in [0.15, 0.2) is 0 Å². The molecule has 0 radical (unpaired) electrons. The number of hydrogen-bond acceptors (Lipinski definition) is 4. The molecule has 1 atom stereocenters. The van der Waals surface area contributed by atoms with Crippen LogP contribution in [0, 0.1) is 5.41 Å². The third kappa shape index (κ3) is 3.47. The van der Waals surface area contributed by atoms with E-state index in [1.54, 1.807) is 14.2 Å². The number of fused-ring (bicyclic) bond motifs is 3. The lowest BCUT2D eigenvalue weighted by Gasteiger charge is -2.47. The summed E-state index contributed by atoms with van der Waals surface area (Å²) in [7, 11) is 3.24. The van der Waals surface area contributed by atoms with E-state index >= 15 is 0 Å². The normalized spacial score (nSPS) is 13.8. The molecule has 4 rings (SSSR count). The predicted octanol–water partition coefficient (Wildman–Crippen LogP) is 6.29. The quantitative estimate of drug-likeness (QED) is 0.372. The lowest BCUT2D eigenvalue weighted by atomic mass is 9.69. The van der Waals surface area contributed by atoms with Crippen LogP contribution in [0.15, 0.2) is 52.6 Å². The van der Waals surface area contributed by atoms with Crippen molar-refractivity contribution in [2.75, 3.05) is 14.2 Å². The molecule has 172 valence electrons. The monoisotopic (exact) mass is 464 g/mol. The SMILES string of the molecule is COc1ccc2[nH]c(=O)c3sccc3c2c1-c1ccc([C@](C)(N(C)C(=O)O)C(C)(C)C)cc1. The van der Waals surface area contributed by atoms with Crippen molar-refractivity contribution in [1.29, 1.82) is 0 Å². The van der Waals surface area contributed by atoms with E-state index in [9.17, 15) is 14.7 Å². The minimum atomic E-state index is -0.976.